The number of furan rings is 1. The van der Waals surface area contributed by atoms with Crippen LogP contribution in [0.15, 0.2) is 27.1 Å². The summed E-state index contributed by atoms with van der Waals surface area (Å²) < 4.78 is 18.9. The van der Waals surface area contributed by atoms with Crippen molar-refractivity contribution in [2.45, 2.75) is 44.3 Å². The van der Waals surface area contributed by atoms with Crippen molar-refractivity contribution in [1.29, 1.82) is 0 Å². The van der Waals surface area contributed by atoms with Gasteiger partial charge in [0.05, 0.1) is 13.2 Å². The normalized spacial score (nSPS) is 19.0. The van der Waals surface area contributed by atoms with Crippen LogP contribution < -0.4 is 4.74 Å². The van der Waals surface area contributed by atoms with Crippen molar-refractivity contribution in [3.05, 3.63) is 28.4 Å². The topological polar surface area (TPSA) is 31.6 Å². The molecule has 1 saturated heterocycles. The summed E-state index contributed by atoms with van der Waals surface area (Å²) in [7, 11) is -0.787. The molecular formula is C18H25BrO3Si. The lowest BCUT2D eigenvalue weighted by Crippen LogP contribution is -2.27. The molecule has 1 atom stereocenters. The maximum Gasteiger partial charge on any atom is 0.177 e. The van der Waals surface area contributed by atoms with E-state index in [1.807, 2.05) is 12.1 Å². The molecule has 0 saturated carbocycles. The molecule has 5 heteroatoms. The highest BCUT2D eigenvalue weighted by Gasteiger charge is 2.26. The molecule has 1 aliphatic heterocycles. The molecule has 0 radical (unpaired) electrons. The SMILES string of the molecule is C[SiH](C)C(C)(C)COc1ccc(Br)c2cc(C3CCOC3)oc12. The summed E-state index contributed by atoms with van der Waals surface area (Å²) >= 11 is 3.63. The number of ether oxygens (including phenoxy) is 2. The zero-order chi connectivity index (χ0) is 16.6. The molecule has 1 unspecified atom stereocenters. The van der Waals surface area contributed by atoms with E-state index in [9.17, 15) is 0 Å². The van der Waals surface area contributed by atoms with E-state index >= 15 is 0 Å². The Kier molecular flexibility index (Phi) is 4.90. The highest BCUT2D eigenvalue weighted by Crippen LogP contribution is 2.39. The second-order valence-corrected chi connectivity index (χ2v) is 12.2. The van der Waals surface area contributed by atoms with Gasteiger partial charge in [-0.3, -0.25) is 0 Å². The zero-order valence-corrected chi connectivity index (χ0v) is 17.1. The minimum absolute atomic E-state index is 0.258. The fourth-order valence-electron chi connectivity index (χ4n) is 2.59. The summed E-state index contributed by atoms with van der Waals surface area (Å²) in [5, 5.41) is 1.35. The van der Waals surface area contributed by atoms with Crippen LogP contribution in [0.25, 0.3) is 11.0 Å². The van der Waals surface area contributed by atoms with Crippen molar-refractivity contribution in [3.8, 4) is 5.75 Å². The van der Waals surface area contributed by atoms with Gasteiger partial charge in [-0.2, -0.15) is 0 Å². The molecule has 2 heterocycles. The molecule has 0 bridgehead atoms. The van der Waals surface area contributed by atoms with E-state index in [0.717, 1.165) is 53.2 Å². The highest BCUT2D eigenvalue weighted by atomic mass is 79.9. The second kappa shape index (κ2) is 6.61. The fourth-order valence-corrected chi connectivity index (χ4v) is 3.43. The summed E-state index contributed by atoms with van der Waals surface area (Å²) in [5.74, 6) is 2.21. The van der Waals surface area contributed by atoms with Gasteiger partial charge in [-0.1, -0.05) is 42.9 Å². The molecule has 2 aromatic rings. The van der Waals surface area contributed by atoms with Gasteiger partial charge in [0.1, 0.15) is 5.76 Å². The quantitative estimate of drug-likeness (QED) is 0.638. The monoisotopic (exact) mass is 396 g/mol. The first kappa shape index (κ1) is 17.1. The summed E-state index contributed by atoms with van der Waals surface area (Å²) in [6.45, 7) is 11.6. The van der Waals surface area contributed by atoms with Gasteiger partial charge in [-0.05, 0) is 29.7 Å². The third-order valence-electron chi connectivity index (χ3n) is 5.11. The van der Waals surface area contributed by atoms with Gasteiger partial charge in [-0.15, -0.1) is 0 Å². The number of hydrogen-bond donors (Lipinski definition) is 0. The van der Waals surface area contributed by atoms with Gasteiger partial charge in [0.25, 0.3) is 0 Å². The molecule has 126 valence electrons. The lowest BCUT2D eigenvalue weighted by Gasteiger charge is -2.28. The number of fused-ring (bicyclic) bond motifs is 1. The Morgan fingerprint density at radius 1 is 1.35 bits per heavy atom. The molecule has 23 heavy (non-hydrogen) atoms. The number of halogens is 1. The molecule has 0 N–H and O–H groups in total. The molecular weight excluding hydrogens is 372 g/mol. The van der Waals surface area contributed by atoms with E-state index in [2.05, 4.69) is 48.9 Å². The van der Waals surface area contributed by atoms with Crippen molar-refractivity contribution in [1.82, 2.24) is 0 Å². The van der Waals surface area contributed by atoms with E-state index in [0.29, 0.717) is 5.92 Å². The average molecular weight is 397 g/mol. The van der Waals surface area contributed by atoms with Gasteiger partial charge in [0, 0.05) is 31.2 Å². The van der Waals surface area contributed by atoms with Gasteiger partial charge in [0.2, 0.25) is 0 Å². The molecule has 0 spiro atoms. The van der Waals surface area contributed by atoms with Crippen LogP contribution in [-0.4, -0.2) is 28.6 Å². The zero-order valence-electron chi connectivity index (χ0n) is 14.3. The number of benzene rings is 1. The second-order valence-electron chi connectivity index (χ2n) is 7.43. The molecule has 0 aliphatic carbocycles. The molecule has 1 fully saturated rings. The standard InChI is InChI=1S/C18H25BrO3Si/c1-18(2,23(3)4)11-21-15-6-5-14(19)13-9-16(22-17(13)15)12-7-8-20-10-12/h5-6,9,12,23H,7-8,10-11H2,1-4H3. The first-order valence-electron chi connectivity index (χ1n) is 8.31. The predicted octanol–water partition coefficient (Wildman–Crippen LogP) is 5.34. The van der Waals surface area contributed by atoms with E-state index in [-0.39, 0.29) is 5.04 Å². The molecule has 3 nitrogen and oxygen atoms in total. The first-order chi connectivity index (χ1) is 10.9. The van der Waals surface area contributed by atoms with Crippen LogP contribution >= 0.6 is 15.9 Å². The Bertz CT molecular complexity index is 687. The molecule has 1 aliphatic rings. The maximum atomic E-state index is 6.17. The average Bonchev–Trinajstić information content (AvgIpc) is 3.15. The Hall–Kier alpha value is -0.783. The van der Waals surface area contributed by atoms with Crippen LogP contribution in [0.1, 0.15) is 31.9 Å². The lowest BCUT2D eigenvalue weighted by molar-refractivity contribution is 0.191. The van der Waals surface area contributed by atoms with Crippen molar-refractivity contribution in [2.24, 2.45) is 0 Å². The number of hydrogen-bond acceptors (Lipinski definition) is 3. The van der Waals surface area contributed by atoms with Gasteiger partial charge >= 0.3 is 0 Å². The summed E-state index contributed by atoms with van der Waals surface area (Å²) in [6.07, 6.45) is 1.03. The van der Waals surface area contributed by atoms with Crippen LogP contribution in [0.3, 0.4) is 0 Å². The van der Waals surface area contributed by atoms with Crippen molar-refractivity contribution in [3.63, 3.8) is 0 Å². The molecule has 1 aromatic heterocycles. The fraction of sp³-hybridized carbons (Fsp3) is 0.556. The lowest BCUT2D eigenvalue weighted by atomic mass is 10.1. The molecule has 1 aromatic carbocycles. The van der Waals surface area contributed by atoms with Crippen LogP contribution in [0.5, 0.6) is 5.75 Å². The molecule has 3 rings (SSSR count). The smallest absolute Gasteiger partial charge is 0.177 e. The van der Waals surface area contributed by atoms with E-state index in [4.69, 9.17) is 13.9 Å². The Labute approximate surface area is 148 Å². The van der Waals surface area contributed by atoms with Gasteiger partial charge in [0.15, 0.2) is 11.3 Å². The Balaban J connectivity index is 1.90. The van der Waals surface area contributed by atoms with Crippen molar-refractivity contribution >= 4 is 35.7 Å². The van der Waals surface area contributed by atoms with Crippen LogP contribution in [0.2, 0.25) is 18.1 Å². The van der Waals surface area contributed by atoms with E-state index in [1.54, 1.807) is 0 Å². The largest absolute Gasteiger partial charge is 0.489 e. The summed E-state index contributed by atoms with van der Waals surface area (Å²) in [6, 6.07) is 6.18. The maximum absolute atomic E-state index is 6.17. The van der Waals surface area contributed by atoms with Gasteiger partial charge < -0.3 is 13.9 Å². The summed E-state index contributed by atoms with van der Waals surface area (Å²) in [4.78, 5) is 0. The molecule has 0 amide bonds. The minimum Gasteiger partial charge on any atom is -0.489 e. The van der Waals surface area contributed by atoms with Crippen molar-refractivity contribution < 1.29 is 13.9 Å². The van der Waals surface area contributed by atoms with Gasteiger partial charge in [-0.25, -0.2) is 0 Å². The Morgan fingerprint density at radius 2 is 2.13 bits per heavy atom. The Morgan fingerprint density at radius 3 is 2.78 bits per heavy atom. The third kappa shape index (κ3) is 3.51. The summed E-state index contributed by atoms with van der Waals surface area (Å²) in [5.41, 5.74) is 0.850. The highest BCUT2D eigenvalue weighted by molar-refractivity contribution is 9.10. The minimum atomic E-state index is -0.787. The van der Waals surface area contributed by atoms with Crippen LogP contribution in [0.4, 0.5) is 0 Å². The van der Waals surface area contributed by atoms with Crippen LogP contribution in [-0.2, 0) is 4.74 Å². The van der Waals surface area contributed by atoms with E-state index < -0.39 is 8.80 Å². The third-order valence-corrected chi connectivity index (χ3v) is 9.09. The first-order valence-corrected chi connectivity index (χ1v) is 12.0. The van der Waals surface area contributed by atoms with Crippen LogP contribution in [0, 0.1) is 0 Å². The van der Waals surface area contributed by atoms with Crippen molar-refractivity contribution in [2.75, 3.05) is 19.8 Å². The van der Waals surface area contributed by atoms with E-state index in [1.165, 1.54) is 0 Å². The predicted molar refractivity (Wildman–Crippen MR) is 101 cm³/mol. The number of rotatable bonds is 5.